The van der Waals surface area contributed by atoms with E-state index in [1.165, 1.54) is 0 Å². The van der Waals surface area contributed by atoms with Crippen LogP contribution >= 0.6 is 23.2 Å². The van der Waals surface area contributed by atoms with Gasteiger partial charge in [-0.1, -0.05) is 50.0 Å². The second kappa shape index (κ2) is 9.60. The van der Waals surface area contributed by atoms with Gasteiger partial charge in [0.05, 0.1) is 32.9 Å². The molecule has 2 aliphatic rings. The lowest BCUT2D eigenvalue weighted by Crippen LogP contribution is -2.45. The van der Waals surface area contributed by atoms with Gasteiger partial charge < -0.3 is 16.1 Å². The van der Waals surface area contributed by atoms with Crippen LogP contribution in [0.5, 0.6) is 0 Å². The monoisotopic (exact) mass is 534 g/mol. The molecule has 0 amide bonds. The number of hydrogen-bond donors (Lipinski definition) is 4. The SMILES string of the molecule is B[C@@](Nc1cc(Cl)c2ncc(C#N)c(NCC(C)(C)C)c2c1)(C1=CN(C2CC2)NN1)c1cccnc1Cl. The van der Waals surface area contributed by atoms with E-state index < -0.39 is 5.44 Å². The van der Waals surface area contributed by atoms with Gasteiger partial charge in [0.25, 0.3) is 0 Å². The Morgan fingerprint density at radius 2 is 2.03 bits per heavy atom. The van der Waals surface area contributed by atoms with E-state index in [1.807, 2.05) is 32.1 Å². The van der Waals surface area contributed by atoms with Gasteiger partial charge in [0.1, 0.15) is 19.1 Å². The first-order valence-electron chi connectivity index (χ1n) is 12.3. The van der Waals surface area contributed by atoms with E-state index in [1.54, 1.807) is 12.4 Å². The molecule has 8 nitrogen and oxygen atoms in total. The van der Waals surface area contributed by atoms with E-state index in [0.29, 0.717) is 39.5 Å². The Labute approximate surface area is 227 Å². The van der Waals surface area contributed by atoms with Gasteiger partial charge in [0, 0.05) is 47.8 Å². The quantitative estimate of drug-likeness (QED) is 0.260. The normalized spacial score (nSPS) is 17.1. The first kappa shape index (κ1) is 25.5. The summed E-state index contributed by atoms with van der Waals surface area (Å²) in [5, 5.41) is 20.7. The molecule has 0 radical (unpaired) electrons. The molecule has 4 N–H and O–H groups in total. The average molecular weight is 535 g/mol. The summed E-state index contributed by atoms with van der Waals surface area (Å²) in [6, 6.07) is 10.4. The number of halogens is 2. The van der Waals surface area contributed by atoms with Crippen LogP contribution in [-0.4, -0.2) is 35.4 Å². The minimum absolute atomic E-state index is 0.0126. The summed E-state index contributed by atoms with van der Waals surface area (Å²) in [6.45, 7) is 7.10. The predicted molar refractivity (Wildman–Crippen MR) is 152 cm³/mol. The Kier molecular flexibility index (Phi) is 6.61. The fourth-order valence-corrected chi connectivity index (χ4v) is 5.00. The highest BCUT2D eigenvalue weighted by Crippen LogP contribution is 2.39. The van der Waals surface area contributed by atoms with E-state index in [-0.39, 0.29) is 5.41 Å². The van der Waals surface area contributed by atoms with Crippen LogP contribution in [0.3, 0.4) is 0 Å². The number of aromatic nitrogens is 2. The maximum atomic E-state index is 9.80. The van der Waals surface area contributed by atoms with Crippen molar-refractivity contribution in [2.75, 3.05) is 17.2 Å². The van der Waals surface area contributed by atoms with Gasteiger partial charge in [0.2, 0.25) is 0 Å². The third-order valence-electron chi connectivity index (χ3n) is 6.60. The van der Waals surface area contributed by atoms with E-state index in [2.05, 4.69) is 69.6 Å². The van der Waals surface area contributed by atoms with Crippen molar-refractivity contribution < 1.29 is 0 Å². The number of hydrazine groups is 2. The number of hydrogen-bond acceptors (Lipinski definition) is 8. The standard InChI is InChI=1S/C26H29BCl2N8/c1-25(2,3)14-33-22-15(11-30)12-32-23-18(22)9-16(10-20(23)28)34-26(27,19-5-4-8-31-24(19)29)21-13-37(36-35-21)17-6-7-17/h4-5,8-10,12-13,17,34-36H,6-7,14,27H2,1-3H3,(H,32,33)/t26-/m0/s1. The molecule has 37 heavy (non-hydrogen) atoms. The number of pyridine rings is 2. The molecule has 1 saturated carbocycles. The fraction of sp³-hybridized carbons (Fsp3) is 0.346. The van der Waals surface area contributed by atoms with Gasteiger partial charge in [-0.2, -0.15) is 5.26 Å². The number of fused-ring (bicyclic) bond motifs is 1. The Balaban J connectivity index is 1.61. The van der Waals surface area contributed by atoms with E-state index >= 15 is 0 Å². The van der Waals surface area contributed by atoms with Crippen LogP contribution in [0.4, 0.5) is 11.4 Å². The van der Waals surface area contributed by atoms with Crippen molar-refractivity contribution in [3.05, 3.63) is 69.9 Å². The summed E-state index contributed by atoms with van der Waals surface area (Å²) in [6.07, 6.45) is 7.61. The topological polar surface area (TPSA) is 101 Å². The van der Waals surface area contributed by atoms with Crippen molar-refractivity contribution in [3.63, 3.8) is 0 Å². The molecule has 190 valence electrons. The van der Waals surface area contributed by atoms with Crippen LogP contribution in [0.25, 0.3) is 10.9 Å². The third-order valence-corrected chi connectivity index (χ3v) is 7.19. The van der Waals surface area contributed by atoms with Crippen molar-refractivity contribution in [1.82, 2.24) is 25.9 Å². The second-order valence-electron chi connectivity index (χ2n) is 10.9. The third kappa shape index (κ3) is 5.15. The van der Waals surface area contributed by atoms with Crippen LogP contribution in [0.1, 0.15) is 44.7 Å². The summed E-state index contributed by atoms with van der Waals surface area (Å²) in [7, 11) is 2.05. The molecule has 1 aliphatic carbocycles. The molecule has 0 spiro atoms. The minimum Gasteiger partial charge on any atom is -0.383 e. The number of rotatable bonds is 7. The summed E-state index contributed by atoms with van der Waals surface area (Å²) in [5.74, 6) is 0. The maximum Gasteiger partial charge on any atom is 0.148 e. The molecule has 1 aliphatic heterocycles. The highest BCUT2D eigenvalue weighted by molar-refractivity contribution is 6.36. The molecule has 5 rings (SSSR count). The Morgan fingerprint density at radius 1 is 1.24 bits per heavy atom. The molecule has 3 aromatic rings. The number of nitriles is 1. The first-order valence-corrected chi connectivity index (χ1v) is 13.0. The van der Waals surface area contributed by atoms with Gasteiger partial charge in [-0.25, -0.2) is 4.98 Å². The van der Waals surface area contributed by atoms with Gasteiger partial charge in [-0.3, -0.25) is 9.99 Å². The lowest BCUT2D eigenvalue weighted by atomic mass is 9.70. The highest BCUT2D eigenvalue weighted by atomic mass is 35.5. The Hall–Kier alpha value is -3.19. The van der Waals surface area contributed by atoms with Crippen molar-refractivity contribution in [3.8, 4) is 6.07 Å². The molecule has 2 aromatic heterocycles. The number of anilines is 2. The lowest BCUT2D eigenvalue weighted by Gasteiger charge is -2.34. The molecule has 0 saturated heterocycles. The summed E-state index contributed by atoms with van der Waals surface area (Å²) >= 11 is 13.4. The Bertz CT molecular complexity index is 1430. The van der Waals surface area contributed by atoms with E-state index in [4.69, 9.17) is 23.2 Å². The zero-order valence-corrected chi connectivity index (χ0v) is 22.8. The molecule has 11 heteroatoms. The fourth-order valence-electron chi connectivity index (χ4n) is 4.42. The zero-order chi connectivity index (χ0) is 26.4. The van der Waals surface area contributed by atoms with Crippen LogP contribution in [0.15, 0.2) is 48.6 Å². The molecule has 3 heterocycles. The number of nitrogens with one attached hydrogen (secondary N) is 4. The van der Waals surface area contributed by atoms with Crippen molar-refractivity contribution >= 4 is 53.3 Å². The number of nitrogens with zero attached hydrogens (tertiary/aromatic N) is 4. The smallest absolute Gasteiger partial charge is 0.148 e. The van der Waals surface area contributed by atoms with Gasteiger partial charge >= 0.3 is 0 Å². The van der Waals surface area contributed by atoms with Crippen molar-refractivity contribution in [2.45, 2.75) is 45.1 Å². The summed E-state index contributed by atoms with van der Waals surface area (Å²) < 4.78 is 0. The van der Waals surface area contributed by atoms with Gasteiger partial charge in [-0.15, -0.1) is 5.53 Å². The molecule has 1 atom stereocenters. The largest absolute Gasteiger partial charge is 0.383 e. The summed E-state index contributed by atoms with van der Waals surface area (Å²) in [4.78, 5) is 8.82. The van der Waals surface area contributed by atoms with E-state index in [9.17, 15) is 5.26 Å². The highest BCUT2D eigenvalue weighted by Gasteiger charge is 2.39. The maximum absolute atomic E-state index is 9.80. The molecule has 1 aromatic carbocycles. The molecular formula is C26H29BCl2N8. The zero-order valence-electron chi connectivity index (χ0n) is 21.3. The van der Waals surface area contributed by atoms with Crippen molar-refractivity contribution in [2.24, 2.45) is 5.41 Å². The molecular weight excluding hydrogens is 506 g/mol. The van der Waals surface area contributed by atoms with Crippen molar-refractivity contribution in [1.29, 1.82) is 5.26 Å². The van der Waals surface area contributed by atoms with Crippen LogP contribution in [0.2, 0.25) is 10.2 Å². The van der Waals surface area contributed by atoms with Crippen LogP contribution < -0.4 is 21.6 Å². The first-order chi connectivity index (χ1) is 17.6. The minimum atomic E-state index is -0.780. The van der Waals surface area contributed by atoms with E-state index in [0.717, 1.165) is 35.2 Å². The average Bonchev–Trinajstić information content (AvgIpc) is 3.57. The Morgan fingerprint density at radius 3 is 2.70 bits per heavy atom. The molecule has 0 bridgehead atoms. The van der Waals surface area contributed by atoms with Crippen LogP contribution in [-0.2, 0) is 5.44 Å². The predicted octanol–water partition coefficient (Wildman–Crippen LogP) is 4.49. The summed E-state index contributed by atoms with van der Waals surface area (Å²) in [5.41, 5.74) is 10.1. The van der Waals surface area contributed by atoms with Gasteiger partial charge in [0.15, 0.2) is 0 Å². The number of benzene rings is 1. The molecule has 1 fully saturated rings. The lowest BCUT2D eigenvalue weighted by molar-refractivity contribution is 0.260. The molecule has 0 unspecified atom stereocenters. The van der Waals surface area contributed by atoms with Gasteiger partial charge in [-0.05, 0) is 36.5 Å². The van der Waals surface area contributed by atoms with Crippen LogP contribution in [0, 0.1) is 16.7 Å². The second-order valence-corrected chi connectivity index (χ2v) is 11.7.